The monoisotopic (exact) mass is 411 g/mol. The average Bonchev–Trinajstić information content (AvgIpc) is 3.09. The lowest BCUT2D eigenvalue weighted by Gasteiger charge is -2.20. The summed E-state index contributed by atoms with van der Waals surface area (Å²) in [5, 5.41) is 3.38. The predicted octanol–water partition coefficient (Wildman–Crippen LogP) is 4.44. The highest BCUT2D eigenvalue weighted by atomic mass is 32.2. The molecule has 29 heavy (non-hydrogen) atoms. The summed E-state index contributed by atoms with van der Waals surface area (Å²) in [6.07, 6.45) is 1.80. The number of nitrogens with zero attached hydrogens (tertiary/aromatic N) is 2. The number of thioether (sulfide) groups is 1. The summed E-state index contributed by atoms with van der Waals surface area (Å²) in [4.78, 5) is 19.8. The van der Waals surface area contributed by atoms with Gasteiger partial charge in [-0.1, -0.05) is 0 Å². The number of ether oxygens (including phenoxy) is 2. The zero-order valence-corrected chi connectivity index (χ0v) is 17.9. The minimum Gasteiger partial charge on any atom is -0.497 e. The number of hydrogen-bond acceptors (Lipinski definition) is 6. The summed E-state index contributed by atoms with van der Waals surface area (Å²) in [6.45, 7) is 6.18. The lowest BCUT2D eigenvalue weighted by atomic mass is 10.1. The fourth-order valence-electron chi connectivity index (χ4n) is 3.00. The number of methoxy groups -OCH3 is 2. The van der Waals surface area contributed by atoms with Gasteiger partial charge < -0.3 is 19.7 Å². The SMILES string of the molecule is CCN(CC)c1ccc(N=C2NC(=O)/C(=C/c3ccc(OC)cc3OC)S2)cc1. The van der Waals surface area contributed by atoms with Gasteiger partial charge in [0.25, 0.3) is 5.91 Å². The second-order valence-corrected chi connectivity index (χ2v) is 7.31. The van der Waals surface area contributed by atoms with Gasteiger partial charge in [0, 0.05) is 30.4 Å². The molecular weight excluding hydrogens is 386 g/mol. The van der Waals surface area contributed by atoms with Crippen molar-refractivity contribution in [1.82, 2.24) is 5.32 Å². The zero-order chi connectivity index (χ0) is 20.8. The molecule has 1 N–H and O–H groups in total. The molecule has 1 heterocycles. The first-order valence-electron chi connectivity index (χ1n) is 9.44. The number of nitrogens with one attached hydrogen (secondary N) is 1. The lowest BCUT2D eigenvalue weighted by Crippen LogP contribution is -2.21. The van der Waals surface area contributed by atoms with Crippen LogP contribution in [-0.4, -0.2) is 38.4 Å². The molecule has 0 saturated carbocycles. The number of aliphatic imine (C=N–C) groups is 1. The van der Waals surface area contributed by atoms with Gasteiger partial charge in [-0.05, 0) is 68.1 Å². The Morgan fingerprint density at radius 3 is 2.41 bits per heavy atom. The molecule has 0 aliphatic carbocycles. The molecule has 7 heteroatoms. The summed E-state index contributed by atoms with van der Waals surface area (Å²) >= 11 is 1.31. The number of rotatable bonds is 7. The molecule has 0 bridgehead atoms. The number of benzene rings is 2. The van der Waals surface area contributed by atoms with Gasteiger partial charge in [-0.25, -0.2) is 4.99 Å². The minimum absolute atomic E-state index is 0.175. The first-order chi connectivity index (χ1) is 14.1. The number of carbonyl (C=O) groups is 1. The highest BCUT2D eigenvalue weighted by Gasteiger charge is 2.24. The second-order valence-electron chi connectivity index (χ2n) is 6.28. The summed E-state index contributed by atoms with van der Waals surface area (Å²) < 4.78 is 10.6. The molecule has 0 atom stereocenters. The Labute approximate surface area is 175 Å². The van der Waals surface area contributed by atoms with Crippen LogP contribution in [0.15, 0.2) is 52.4 Å². The first kappa shape index (κ1) is 20.8. The maximum absolute atomic E-state index is 12.4. The Kier molecular flexibility index (Phi) is 6.82. The molecular formula is C22H25N3O3S. The van der Waals surface area contributed by atoms with E-state index in [2.05, 4.69) is 29.1 Å². The molecule has 1 fully saturated rings. The van der Waals surface area contributed by atoms with Gasteiger partial charge in [-0.3, -0.25) is 4.79 Å². The van der Waals surface area contributed by atoms with Crippen LogP contribution in [0.4, 0.5) is 11.4 Å². The highest BCUT2D eigenvalue weighted by molar-refractivity contribution is 8.18. The Balaban J connectivity index is 1.79. The van der Waals surface area contributed by atoms with Crippen molar-refractivity contribution in [3.05, 3.63) is 52.9 Å². The third-order valence-electron chi connectivity index (χ3n) is 4.59. The van der Waals surface area contributed by atoms with Crippen LogP contribution in [0.3, 0.4) is 0 Å². The molecule has 3 rings (SSSR count). The van der Waals surface area contributed by atoms with E-state index in [1.54, 1.807) is 26.4 Å². The Hall–Kier alpha value is -2.93. The van der Waals surface area contributed by atoms with E-state index in [1.807, 2.05) is 36.4 Å². The van der Waals surface area contributed by atoms with Crippen LogP contribution >= 0.6 is 11.8 Å². The fourth-order valence-corrected chi connectivity index (χ4v) is 3.84. The molecule has 6 nitrogen and oxygen atoms in total. The van der Waals surface area contributed by atoms with Crippen molar-refractivity contribution in [3.63, 3.8) is 0 Å². The topological polar surface area (TPSA) is 63.2 Å². The van der Waals surface area contributed by atoms with Gasteiger partial charge in [0.05, 0.1) is 24.8 Å². The average molecular weight is 412 g/mol. The minimum atomic E-state index is -0.175. The maximum Gasteiger partial charge on any atom is 0.264 e. The van der Waals surface area contributed by atoms with E-state index in [0.29, 0.717) is 21.6 Å². The predicted molar refractivity (Wildman–Crippen MR) is 120 cm³/mol. The van der Waals surface area contributed by atoms with Crippen LogP contribution in [0.5, 0.6) is 11.5 Å². The number of hydrogen-bond donors (Lipinski definition) is 1. The van der Waals surface area contributed by atoms with E-state index < -0.39 is 0 Å². The van der Waals surface area contributed by atoms with E-state index in [1.165, 1.54) is 11.8 Å². The largest absolute Gasteiger partial charge is 0.497 e. The van der Waals surface area contributed by atoms with Crippen LogP contribution in [0, 0.1) is 0 Å². The second kappa shape index (κ2) is 9.52. The van der Waals surface area contributed by atoms with Gasteiger partial charge in [-0.2, -0.15) is 0 Å². The third kappa shape index (κ3) is 4.92. The summed E-state index contributed by atoms with van der Waals surface area (Å²) in [7, 11) is 3.19. The fraction of sp³-hybridized carbons (Fsp3) is 0.273. The summed E-state index contributed by atoms with van der Waals surface area (Å²) in [6, 6.07) is 13.5. The van der Waals surface area contributed by atoms with E-state index in [0.717, 1.165) is 30.0 Å². The highest BCUT2D eigenvalue weighted by Crippen LogP contribution is 2.32. The molecule has 0 aromatic heterocycles. The molecule has 0 radical (unpaired) electrons. The molecule has 1 aliphatic heterocycles. The maximum atomic E-state index is 12.4. The van der Waals surface area contributed by atoms with Crippen molar-refractivity contribution in [2.75, 3.05) is 32.2 Å². The Bertz CT molecular complexity index is 935. The molecule has 2 aromatic carbocycles. The third-order valence-corrected chi connectivity index (χ3v) is 5.50. The van der Waals surface area contributed by atoms with Gasteiger partial charge in [0.1, 0.15) is 11.5 Å². The van der Waals surface area contributed by atoms with Crippen molar-refractivity contribution < 1.29 is 14.3 Å². The smallest absolute Gasteiger partial charge is 0.264 e. The molecule has 1 saturated heterocycles. The van der Waals surface area contributed by atoms with Gasteiger partial charge in [0.2, 0.25) is 0 Å². The molecule has 152 valence electrons. The van der Waals surface area contributed by atoms with Gasteiger partial charge in [0.15, 0.2) is 5.17 Å². The number of anilines is 1. The van der Waals surface area contributed by atoms with Crippen molar-refractivity contribution in [1.29, 1.82) is 0 Å². The first-order valence-corrected chi connectivity index (χ1v) is 10.3. The quantitative estimate of drug-likeness (QED) is 0.683. The Morgan fingerprint density at radius 2 is 1.79 bits per heavy atom. The molecule has 0 unspecified atom stereocenters. The normalized spacial score (nSPS) is 16.2. The van der Waals surface area contributed by atoms with Crippen LogP contribution < -0.4 is 19.7 Å². The van der Waals surface area contributed by atoms with E-state index in [9.17, 15) is 4.79 Å². The van der Waals surface area contributed by atoms with Crippen molar-refractivity contribution >= 4 is 40.3 Å². The van der Waals surface area contributed by atoms with E-state index in [-0.39, 0.29) is 5.91 Å². The zero-order valence-electron chi connectivity index (χ0n) is 17.1. The summed E-state index contributed by atoms with van der Waals surface area (Å²) in [5.41, 5.74) is 2.76. The van der Waals surface area contributed by atoms with Crippen LogP contribution in [0.1, 0.15) is 19.4 Å². The van der Waals surface area contributed by atoms with Crippen molar-refractivity contribution in [2.45, 2.75) is 13.8 Å². The van der Waals surface area contributed by atoms with E-state index >= 15 is 0 Å². The van der Waals surface area contributed by atoms with Crippen LogP contribution in [0.2, 0.25) is 0 Å². The van der Waals surface area contributed by atoms with E-state index in [4.69, 9.17) is 9.47 Å². The van der Waals surface area contributed by atoms with Crippen molar-refractivity contribution in [2.24, 2.45) is 4.99 Å². The van der Waals surface area contributed by atoms with Crippen LogP contribution in [-0.2, 0) is 4.79 Å². The van der Waals surface area contributed by atoms with Crippen LogP contribution in [0.25, 0.3) is 6.08 Å². The van der Waals surface area contributed by atoms with Gasteiger partial charge in [-0.15, -0.1) is 0 Å². The van der Waals surface area contributed by atoms with Crippen molar-refractivity contribution in [3.8, 4) is 11.5 Å². The Morgan fingerprint density at radius 1 is 1.07 bits per heavy atom. The number of carbonyl (C=O) groups excluding carboxylic acids is 1. The number of amidine groups is 1. The lowest BCUT2D eigenvalue weighted by molar-refractivity contribution is -0.115. The molecule has 0 spiro atoms. The summed E-state index contributed by atoms with van der Waals surface area (Å²) in [5.74, 6) is 1.16. The molecule has 1 aliphatic rings. The standard InChI is InChI=1S/C22H25N3O3S/c1-5-25(6-2)17-10-8-16(9-11-17)23-22-24-21(26)20(29-22)13-15-7-12-18(27-3)14-19(15)28-4/h7-14H,5-6H2,1-4H3,(H,23,24,26)/b20-13-. The molecule has 1 amide bonds. The number of amides is 1. The molecule has 2 aromatic rings. The van der Waals surface area contributed by atoms with Gasteiger partial charge >= 0.3 is 0 Å².